The molecule has 1 heterocycles. The molecule has 2 unspecified atom stereocenters. The van der Waals surface area contributed by atoms with Gasteiger partial charge in [0, 0.05) is 4.90 Å². The Bertz CT molecular complexity index is 676. The highest BCUT2D eigenvalue weighted by atomic mass is 32.2. The van der Waals surface area contributed by atoms with E-state index in [4.69, 9.17) is 9.47 Å². The number of rotatable bonds is 4. The van der Waals surface area contributed by atoms with Crippen LogP contribution in [0, 0.1) is 5.92 Å². The third-order valence-electron chi connectivity index (χ3n) is 4.73. The number of fused-ring (bicyclic) bond motifs is 3. The van der Waals surface area contributed by atoms with Gasteiger partial charge in [-0.15, -0.1) is 11.8 Å². The summed E-state index contributed by atoms with van der Waals surface area (Å²) in [6.07, 6.45) is 5.30. The van der Waals surface area contributed by atoms with Crippen LogP contribution < -0.4 is 4.74 Å². The molecular weight excluding hydrogens is 311 g/mol. The molecule has 0 spiro atoms. The number of alkyl halides is 1. The average molecular weight is 332 g/mol. The maximum absolute atomic E-state index is 14.7. The predicted octanol–water partition coefficient (Wildman–Crippen LogP) is 4.99. The first kappa shape index (κ1) is 15.1. The average Bonchev–Trinajstić information content (AvgIpc) is 2.87. The van der Waals surface area contributed by atoms with E-state index in [-0.39, 0.29) is 5.25 Å². The van der Waals surface area contributed by atoms with Crippen molar-refractivity contribution in [2.75, 3.05) is 6.61 Å². The Hall–Kier alpha value is -1.42. The minimum absolute atomic E-state index is 0.199. The molecule has 4 rings (SSSR count). The van der Waals surface area contributed by atoms with Crippen LogP contribution in [0.2, 0.25) is 0 Å². The zero-order valence-electron chi connectivity index (χ0n) is 13.4. The first-order valence-electron chi connectivity index (χ1n) is 8.32. The molecule has 1 aromatic rings. The molecule has 0 amide bonds. The van der Waals surface area contributed by atoms with E-state index in [2.05, 4.69) is 19.1 Å². The zero-order chi connectivity index (χ0) is 16.0. The molecule has 1 fully saturated rings. The minimum atomic E-state index is -1.08. The van der Waals surface area contributed by atoms with Crippen LogP contribution in [0.5, 0.6) is 5.75 Å². The summed E-state index contributed by atoms with van der Waals surface area (Å²) in [6.45, 7) is 4.63. The van der Waals surface area contributed by atoms with Gasteiger partial charge < -0.3 is 9.47 Å². The Morgan fingerprint density at radius 3 is 2.83 bits per heavy atom. The Morgan fingerprint density at radius 2 is 2.09 bits per heavy atom. The Labute approximate surface area is 140 Å². The molecule has 122 valence electrons. The number of benzene rings is 1. The fourth-order valence-electron chi connectivity index (χ4n) is 3.49. The van der Waals surface area contributed by atoms with Crippen molar-refractivity contribution in [3.63, 3.8) is 0 Å². The molecule has 23 heavy (non-hydrogen) atoms. The number of hydrogen-bond acceptors (Lipinski definition) is 3. The molecule has 0 aromatic heterocycles. The monoisotopic (exact) mass is 332 g/mol. The van der Waals surface area contributed by atoms with E-state index in [1.54, 1.807) is 17.8 Å². The lowest BCUT2D eigenvalue weighted by molar-refractivity contribution is 0.0737. The Kier molecular flexibility index (Phi) is 3.88. The highest BCUT2D eigenvalue weighted by Crippen LogP contribution is 2.51. The summed E-state index contributed by atoms with van der Waals surface area (Å²) >= 11 is 1.58. The molecule has 3 aliphatic rings. The first-order chi connectivity index (χ1) is 11.2. The molecule has 2 atom stereocenters. The van der Waals surface area contributed by atoms with Crippen molar-refractivity contribution in [3.05, 3.63) is 41.7 Å². The second-order valence-electron chi connectivity index (χ2n) is 6.54. The van der Waals surface area contributed by atoms with Crippen LogP contribution in [-0.4, -0.2) is 24.1 Å². The van der Waals surface area contributed by atoms with E-state index in [1.165, 1.54) is 0 Å². The molecule has 2 aliphatic carbocycles. The zero-order valence-corrected chi connectivity index (χ0v) is 14.2. The molecule has 0 bridgehead atoms. The molecule has 1 aliphatic heterocycles. The molecule has 2 nitrogen and oxygen atoms in total. The van der Waals surface area contributed by atoms with Crippen LogP contribution in [0.15, 0.2) is 41.0 Å². The van der Waals surface area contributed by atoms with Crippen LogP contribution in [-0.2, 0) is 4.74 Å². The largest absolute Gasteiger partial charge is 0.495 e. The summed E-state index contributed by atoms with van der Waals surface area (Å²) in [5, 5.41) is -0.199. The van der Waals surface area contributed by atoms with Gasteiger partial charge in [-0.1, -0.05) is 13.0 Å². The van der Waals surface area contributed by atoms with Crippen molar-refractivity contribution in [1.82, 2.24) is 0 Å². The van der Waals surface area contributed by atoms with Gasteiger partial charge in [0.25, 0.3) is 0 Å². The van der Waals surface area contributed by atoms with E-state index in [0.29, 0.717) is 18.5 Å². The van der Waals surface area contributed by atoms with Gasteiger partial charge in [-0.25, -0.2) is 4.39 Å². The van der Waals surface area contributed by atoms with Crippen molar-refractivity contribution in [2.24, 2.45) is 5.92 Å². The second kappa shape index (κ2) is 5.90. The summed E-state index contributed by atoms with van der Waals surface area (Å²) < 4.78 is 26.1. The van der Waals surface area contributed by atoms with E-state index < -0.39 is 6.17 Å². The molecule has 4 heteroatoms. The van der Waals surface area contributed by atoms with Gasteiger partial charge in [-0.05, 0) is 61.1 Å². The van der Waals surface area contributed by atoms with Crippen molar-refractivity contribution in [2.45, 2.75) is 49.1 Å². The quantitative estimate of drug-likeness (QED) is 0.773. The standard InChI is InChI=1S/C19H21FO2S/c1-3-21-16-7-6-15-14-5-4-12(22-13-8-11(2)9-13)10-17(14)23-19(15)18(16)20/h4-7,10-11,13,18-19H,3,8-9H2,1-2H3. The van der Waals surface area contributed by atoms with E-state index in [0.717, 1.165) is 40.5 Å². The Morgan fingerprint density at radius 1 is 1.26 bits per heavy atom. The van der Waals surface area contributed by atoms with Gasteiger partial charge >= 0.3 is 0 Å². The normalized spacial score (nSPS) is 31.4. The number of ether oxygens (including phenoxy) is 2. The van der Waals surface area contributed by atoms with Crippen molar-refractivity contribution in [3.8, 4) is 5.75 Å². The summed E-state index contributed by atoms with van der Waals surface area (Å²) in [6, 6.07) is 6.15. The molecular formula is C19H21FO2S. The topological polar surface area (TPSA) is 18.5 Å². The number of allylic oxidation sites excluding steroid dienone is 3. The van der Waals surface area contributed by atoms with Gasteiger partial charge in [0.05, 0.1) is 18.0 Å². The summed E-state index contributed by atoms with van der Waals surface area (Å²) in [7, 11) is 0. The van der Waals surface area contributed by atoms with Gasteiger partial charge in [0.1, 0.15) is 11.5 Å². The molecule has 1 aromatic carbocycles. The Balaban J connectivity index is 1.55. The lowest BCUT2D eigenvalue weighted by Crippen LogP contribution is -2.31. The predicted molar refractivity (Wildman–Crippen MR) is 91.5 cm³/mol. The lowest BCUT2D eigenvalue weighted by Gasteiger charge is -2.32. The van der Waals surface area contributed by atoms with Gasteiger partial charge in [0.15, 0.2) is 6.17 Å². The van der Waals surface area contributed by atoms with Crippen LogP contribution in [0.1, 0.15) is 32.3 Å². The van der Waals surface area contributed by atoms with Crippen LogP contribution in [0.25, 0.3) is 5.57 Å². The number of hydrogen-bond donors (Lipinski definition) is 0. The maximum atomic E-state index is 14.7. The number of halogens is 1. The lowest BCUT2D eigenvalue weighted by atomic mass is 9.84. The molecule has 0 radical (unpaired) electrons. The SMILES string of the molecule is CCOC1=CC=C2c3ccc(OC4CC(C)C4)cc3SC2C1F. The maximum Gasteiger partial charge on any atom is 0.173 e. The molecule has 0 N–H and O–H groups in total. The minimum Gasteiger partial charge on any atom is -0.495 e. The third-order valence-corrected chi connectivity index (χ3v) is 6.07. The van der Waals surface area contributed by atoms with Crippen molar-refractivity contribution in [1.29, 1.82) is 0 Å². The highest BCUT2D eigenvalue weighted by Gasteiger charge is 2.39. The fraction of sp³-hybridized carbons (Fsp3) is 0.474. The van der Waals surface area contributed by atoms with Crippen LogP contribution in [0.3, 0.4) is 0 Å². The summed E-state index contributed by atoms with van der Waals surface area (Å²) in [5.74, 6) is 2.12. The molecule has 1 saturated carbocycles. The van der Waals surface area contributed by atoms with Crippen molar-refractivity contribution < 1.29 is 13.9 Å². The fourth-order valence-corrected chi connectivity index (χ4v) is 4.85. The van der Waals surface area contributed by atoms with E-state index in [9.17, 15) is 4.39 Å². The first-order valence-corrected chi connectivity index (χ1v) is 9.20. The second-order valence-corrected chi connectivity index (χ2v) is 7.72. The third kappa shape index (κ3) is 2.67. The van der Waals surface area contributed by atoms with Gasteiger partial charge in [-0.2, -0.15) is 0 Å². The summed E-state index contributed by atoms with van der Waals surface area (Å²) in [5.41, 5.74) is 2.19. The van der Waals surface area contributed by atoms with E-state index in [1.807, 2.05) is 19.1 Å². The summed E-state index contributed by atoms with van der Waals surface area (Å²) in [4.78, 5) is 1.11. The van der Waals surface area contributed by atoms with Crippen LogP contribution in [0.4, 0.5) is 4.39 Å². The van der Waals surface area contributed by atoms with Crippen molar-refractivity contribution >= 4 is 17.3 Å². The number of thioether (sulfide) groups is 1. The highest BCUT2D eigenvalue weighted by molar-refractivity contribution is 8.01. The van der Waals surface area contributed by atoms with Gasteiger partial charge in [-0.3, -0.25) is 0 Å². The van der Waals surface area contributed by atoms with Gasteiger partial charge in [0.2, 0.25) is 0 Å². The smallest absolute Gasteiger partial charge is 0.173 e. The van der Waals surface area contributed by atoms with E-state index >= 15 is 0 Å². The molecule has 0 saturated heterocycles. The van der Waals surface area contributed by atoms with Crippen LogP contribution >= 0.6 is 11.8 Å².